The molecular formula is C10H13NO2. The monoisotopic (exact) mass is 179 g/mol. The van der Waals surface area contributed by atoms with Gasteiger partial charge in [-0.3, -0.25) is 14.9 Å². The molecule has 0 aromatic carbocycles. The van der Waals surface area contributed by atoms with Crippen molar-refractivity contribution >= 4 is 11.8 Å². The number of rotatable bonds is 4. The molecule has 0 bridgehead atoms. The van der Waals surface area contributed by atoms with Crippen molar-refractivity contribution in [2.45, 2.75) is 32.6 Å². The van der Waals surface area contributed by atoms with Gasteiger partial charge in [0.15, 0.2) is 0 Å². The molecule has 0 aromatic heterocycles. The van der Waals surface area contributed by atoms with Crippen LogP contribution in [0.4, 0.5) is 0 Å². The maximum absolute atomic E-state index is 11.1. The third kappa shape index (κ3) is 1.28. The third-order valence-corrected chi connectivity index (χ3v) is 2.72. The second-order valence-corrected chi connectivity index (χ2v) is 3.66. The van der Waals surface area contributed by atoms with E-state index in [1.807, 2.05) is 0 Å². The minimum absolute atomic E-state index is 0.151. The standard InChI is InChI=1S/C10H13NO2/c1-2-3-4-5-6-7-8(6)10(13)11-9(7)12/h6H,2-5H2,1H3,(H,11,12,13). The van der Waals surface area contributed by atoms with E-state index >= 15 is 0 Å². The lowest BCUT2D eigenvalue weighted by molar-refractivity contribution is -0.125. The lowest BCUT2D eigenvalue weighted by atomic mass is 10.1. The molecule has 0 spiro atoms. The van der Waals surface area contributed by atoms with Crippen LogP contribution in [-0.4, -0.2) is 11.8 Å². The zero-order valence-corrected chi connectivity index (χ0v) is 7.72. The van der Waals surface area contributed by atoms with E-state index in [-0.39, 0.29) is 17.7 Å². The van der Waals surface area contributed by atoms with Crippen LogP contribution in [0.1, 0.15) is 32.6 Å². The Balaban J connectivity index is 1.83. The number of carbonyl (C=O) groups excluding carboxylic acids is 2. The summed E-state index contributed by atoms with van der Waals surface area (Å²) in [7, 11) is 0. The number of imide groups is 1. The quantitative estimate of drug-likeness (QED) is 0.519. The van der Waals surface area contributed by atoms with Crippen LogP contribution in [0.15, 0.2) is 11.1 Å². The first-order chi connectivity index (χ1) is 6.25. The number of hydrogen-bond donors (Lipinski definition) is 1. The summed E-state index contributed by atoms with van der Waals surface area (Å²) in [4.78, 5) is 22.2. The largest absolute Gasteiger partial charge is 0.289 e. The molecule has 3 nitrogen and oxygen atoms in total. The average molecular weight is 179 g/mol. The molecule has 0 unspecified atom stereocenters. The van der Waals surface area contributed by atoms with Gasteiger partial charge < -0.3 is 0 Å². The van der Waals surface area contributed by atoms with Crippen LogP contribution in [0.25, 0.3) is 0 Å². The molecule has 0 aromatic rings. The Labute approximate surface area is 77.2 Å². The third-order valence-electron chi connectivity index (χ3n) is 2.72. The summed E-state index contributed by atoms with van der Waals surface area (Å²) < 4.78 is 0. The number of unbranched alkanes of at least 4 members (excludes halogenated alkanes) is 2. The number of piperidine rings is 1. The molecule has 0 atom stereocenters. The van der Waals surface area contributed by atoms with Gasteiger partial charge in [0.25, 0.3) is 11.8 Å². The summed E-state index contributed by atoms with van der Waals surface area (Å²) in [5.74, 6) is -0.0872. The fourth-order valence-electron chi connectivity index (χ4n) is 1.96. The van der Waals surface area contributed by atoms with Gasteiger partial charge in [0.1, 0.15) is 0 Å². The Hall–Kier alpha value is -1.12. The van der Waals surface area contributed by atoms with Gasteiger partial charge in [0.05, 0.1) is 0 Å². The van der Waals surface area contributed by atoms with Crippen LogP contribution < -0.4 is 5.32 Å². The summed E-state index contributed by atoms with van der Waals surface area (Å²) in [6.07, 6.45) is 4.47. The molecule has 1 heterocycles. The van der Waals surface area contributed by atoms with E-state index in [0.717, 1.165) is 24.0 Å². The minimum atomic E-state index is -0.151. The highest BCUT2D eigenvalue weighted by atomic mass is 16.2. The van der Waals surface area contributed by atoms with Gasteiger partial charge in [-0.05, 0) is 6.42 Å². The van der Waals surface area contributed by atoms with Crippen molar-refractivity contribution in [2.75, 3.05) is 0 Å². The van der Waals surface area contributed by atoms with Crippen molar-refractivity contribution in [2.24, 2.45) is 5.92 Å². The van der Waals surface area contributed by atoms with E-state index in [9.17, 15) is 9.59 Å². The first-order valence-corrected chi connectivity index (χ1v) is 4.85. The molecule has 0 fully saturated rings. The van der Waals surface area contributed by atoms with E-state index < -0.39 is 0 Å². The van der Waals surface area contributed by atoms with Crippen LogP contribution in [-0.2, 0) is 9.59 Å². The summed E-state index contributed by atoms with van der Waals surface area (Å²) in [6, 6.07) is 0. The topological polar surface area (TPSA) is 46.2 Å². The number of nitrogens with one attached hydrogen (secondary N) is 1. The number of amides is 2. The smallest absolute Gasteiger partial charge is 0.255 e. The Kier molecular flexibility index (Phi) is 1.94. The van der Waals surface area contributed by atoms with E-state index in [1.165, 1.54) is 12.8 Å². The molecule has 13 heavy (non-hydrogen) atoms. The lowest BCUT2D eigenvalue weighted by Gasteiger charge is -2.04. The van der Waals surface area contributed by atoms with Gasteiger partial charge in [-0.1, -0.05) is 26.2 Å². The van der Waals surface area contributed by atoms with Crippen molar-refractivity contribution in [1.29, 1.82) is 0 Å². The number of carbonyl (C=O) groups is 2. The van der Waals surface area contributed by atoms with Crippen LogP contribution in [0.3, 0.4) is 0 Å². The highest BCUT2D eigenvalue weighted by Crippen LogP contribution is 2.46. The average Bonchev–Trinajstić information content (AvgIpc) is 2.71. The van der Waals surface area contributed by atoms with Gasteiger partial charge >= 0.3 is 0 Å². The van der Waals surface area contributed by atoms with Gasteiger partial charge in [-0.2, -0.15) is 0 Å². The molecule has 0 saturated heterocycles. The fraction of sp³-hybridized carbons (Fsp3) is 0.600. The van der Waals surface area contributed by atoms with Crippen molar-refractivity contribution < 1.29 is 9.59 Å². The Morgan fingerprint density at radius 3 is 2.31 bits per heavy atom. The van der Waals surface area contributed by atoms with E-state index in [0.29, 0.717) is 0 Å². The molecule has 1 aliphatic carbocycles. The molecule has 3 heteroatoms. The van der Waals surface area contributed by atoms with Gasteiger partial charge in [0, 0.05) is 17.1 Å². The fourth-order valence-corrected chi connectivity index (χ4v) is 1.96. The van der Waals surface area contributed by atoms with Crippen LogP contribution in [0.2, 0.25) is 0 Å². The summed E-state index contributed by atoms with van der Waals surface area (Å²) in [6.45, 7) is 2.14. The molecule has 2 rings (SSSR count). The van der Waals surface area contributed by atoms with E-state index in [4.69, 9.17) is 0 Å². The SMILES string of the molecule is CCCCCC1C2=C1C(=O)NC2=O. The van der Waals surface area contributed by atoms with Crippen molar-refractivity contribution in [1.82, 2.24) is 5.32 Å². The van der Waals surface area contributed by atoms with E-state index in [1.54, 1.807) is 0 Å². The molecule has 2 amide bonds. The summed E-state index contributed by atoms with van der Waals surface area (Å²) in [5, 5.41) is 2.28. The normalized spacial score (nSPS) is 20.7. The Morgan fingerprint density at radius 1 is 1.15 bits per heavy atom. The maximum Gasteiger partial charge on any atom is 0.255 e. The highest BCUT2D eigenvalue weighted by molar-refractivity contribution is 6.26. The molecule has 70 valence electrons. The predicted molar refractivity (Wildman–Crippen MR) is 47.8 cm³/mol. The first-order valence-electron chi connectivity index (χ1n) is 4.85. The molecule has 1 N–H and O–H groups in total. The van der Waals surface area contributed by atoms with Gasteiger partial charge in [-0.25, -0.2) is 0 Å². The van der Waals surface area contributed by atoms with Crippen molar-refractivity contribution in [3.8, 4) is 0 Å². The Morgan fingerprint density at radius 2 is 1.77 bits per heavy atom. The predicted octanol–water partition coefficient (Wildman–Crippen LogP) is 1.15. The van der Waals surface area contributed by atoms with Crippen LogP contribution in [0, 0.1) is 5.92 Å². The van der Waals surface area contributed by atoms with Crippen molar-refractivity contribution in [3.63, 3.8) is 0 Å². The second kappa shape index (κ2) is 2.98. The lowest BCUT2D eigenvalue weighted by Crippen LogP contribution is -2.28. The van der Waals surface area contributed by atoms with Gasteiger partial charge in [0.2, 0.25) is 0 Å². The van der Waals surface area contributed by atoms with Gasteiger partial charge in [-0.15, -0.1) is 0 Å². The van der Waals surface area contributed by atoms with Crippen molar-refractivity contribution in [3.05, 3.63) is 11.1 Å². The molecule has 2 aliphatic rings. The molecule has 0 radical (unpaired) electrons. The molecule has 0 saturated carbocycles. The molecular weight excluding hydrogens is 166 g/mol. The Bertz CT molecular complexity index is 280. The molecule has 1 aliphatic heterocycles. The highest BCUT2D eigenvalue weighted by Gasteiger charge is 2.50. The minimum Gasteiger partial charge on any atom is -0.289 e. The second-order valence-electron chi connectivity index (χ2n) is 3.66. The van der Waals surface area contributed by atoms with Crippen LogP contribution >= 0.6 is 0 Å². The maximum atomic E-state index is 11.1. The van der Waals surface area contributed by atoms with Crippen LogP contribution in [0.5, 0.6) is 0 Å². The summed E-state index contributed by atoms with van der Waals surface area (Å²) >= 11 is 0. The first kappa shape index (κ1) is 8.48. The summed E-state index contributed by atoms with van der Waals surface area (Å²) in [5.41, 5.74) is 1.53. The number of hydrogen-bond acceptors (Lipinski definition) is 2. The zero-order valence-electron chi connectivity index (χ0n) is 7.72. The zero-order chi connectivity index (χ0) is 9.42. The van der Waals surface area contributed by atoms with E-state index in [2.05, 4.69) is 12.2 Å².